The van der Waals surface area contributed by atoms with Crippen LogP contribution in [0.25, 0.3) is 17.1 Å². The maximum atomic E-state index is 13.6. The van der Waals surface area contributed by atoms with E-state index in [9.17, 15) is 9.59 Å². The van der Waals surface area contributed by atoms with Crippen molar-refractivity contribution in [3.8, 4) is 17.1 Å². The molecule has 0 radical (unpaired) electrons. The maximum Gasteiger partial charge on any atom is 0.293 e. The van der Waals surface area contributed by atoms with E-state index in [1.807, 2.05) is 62.2 Å². The Hall–Kier alpha value is -3.72. The first kappa shape index (κ1) is 25.9. The number of nitrogens with one attached hydrogen (secondary N) is 1. The van der Waals surface area contributed by atoms with Crippen LogP contribution in [0, 0.1) is 6.92 Å². The number of amides is 2. The van der Waals surface area contributed by atoms with Gasteiger partial charge in [0.25, 0.3) is 5.91 Å². The van der Waals surface area contributed by atoms with Gasteiger partial charge in [0.15, 0.2) is 5.82 Å². The van der Waals surface area contributed by atoms with Crippen LogP contribution in [0.1, 0.15) is 50.8 Å². The van der Waals surface area contributed by atoms with Crippen molar-refractivity contribution in [1.29, 1.82) is 0 Å². The molecule has 3 heterocycles. The van der Waals surface area contributed by atoms with Gasteiger partial charge in [0.2, 0.25) is 11.7 Å². The number of rotatable bonds is 4. The number of aromatic nitrogens is 3. The fraction of sp³-hybridized carbons (Fsp3) is 0.448. The summed E-state index contributed by atoms with van der Waals surface area (Å²) < 4.78 is 1.75. The largest absolute Gasteiger partial charge is 0.356 e. The topological polar surface area (TPSA) is 86.6 Å². The van der Waals surface area contributed by atoms with Gasteiger partial charge in [-0.3, -0.25) is 9.59 Å². The highest BCUT2D eigenvalue weighted by atomic mass is 16.2. The second-order valence-corrected chi connectivity index (χ2v) is 11.0. The van der Waals surface area contributed by atoms with Crippen LogP contribution in [0.4, 0.5) is 11.4 Å². The monoisotopic (exact) mass is 515 g/mol. The second-order valence-electron chi connectivity index (χ2n) is 11.0. The molecular weight excluding hydrogens is 478 g/mol. The highest BCUT2D eigenvalue weighted by molar-refractivity contribution is 6.05. The second kappa shape index (κ2) is 9.87. The van der Waals surface area contributed by atoms with Crippen molar-refractivity contribution >= 4 is 23.2 Å². The van der Waals surface area contributed by atoms with Crippen molar-refractivity contribution in [2.75, 3.05) is 29.9 Å². The average molecular weight is 516 g/mol. The summed E-state index contributed by atoms with van der Waals surface area (Å²) in [5.74, 6) is 0.667. The summed E-state index contributed by atoms with van der Waals surface area (Å²) in [6.45, 7) is 13.5. The maximum absolute atomic E-state index is 13.6. The molecule has 3 aromatic rings. The van der Waals surface area contributed by atoms with Gasteiger partial charge >= 0.3 is 0 Å². The van der Waals surface area contributed by atoms with E-state index in [0.29, 0.717) is 18.9 Å². The van der Waals surface area contributed by atoms with E-state index in [1.54, 1.807) is 9.58 Å². The highest BCUT2D eigenvalue weighted by Crippen LogP contribution is 2.39. The van der Waals surface area contributed by atoms with Gasteiger partial charge in [-0.15, -0.1) is 5.10 Å². The standard InChI is InChI=1S/C29H37N7O2/c1-17(2)35-21(6)28(37)33(7)24-13-10-22(14-25(24)35)27-31-26(29(38)34-15-19(4)30-20(5)16-34)32-36(27)23-11-8-18(3)9-12-23/h8-14,17,19-21,30H,15-16H2,1-7H3/t19-,20+,21-/m1/s1. The SMILES string of the molecule is Cc1ccc(-n2nc(C(=O)N3C[C@@H](C)N[C@@H](C)C3)nc2-c2ccc3c(c2)N(C(C)C)[C@H](C)C(=O)N3C)cc1. The van der Waals surface area contributed by atoms with E-state index < -0.39 is 0 Å². The number of carbonyl (C=O) groups is 2. The van der Waals surface area contributed by atoms with Crippen molar-refractivity contribution < 1.29 is 9.59 Å². The summed E-state index contributed by atoms with van der Waals surface area (Å²) in [7, 11) is 1.82. The van der Waals surface area contributed by atoms with Gasteiger partial charge in [0, 0.05) is 43.8 Å². The summed E-state index contributed by atoms with van der Waals surface area (Å²) in [5.41, 5.74) is 4.62. The van der Waals surface area contributed by atoms with E-state index in [-0.39, 0.29) is 41.8 Å². The number of carbonyl (C=O) groups excluding carboxylic acids is 2. The number of fused-ring (bicyclic) bond motifs is 1. The number of piperazine rings is 1. The Balaban J connectivity index is 1.63. The Bertz CT molecular complexity index is 1350. The smallest absolute Gasteiger partial charge is 0.293 e. The Morgan fingerprint density at radius 3 is 2.29 bits per heavy atom. The third kappa shape index (κ3) is 4.55. The number of aryl methyl sites for hydroxylation is 1. The molecule has 1 aromatic heterocycles. The molecule has 200 valence electrons. The lowest BCUT2D eigenvalue weighted by Crippen LogP contribution is -2.56. The summed E-state index contributed by atoms with van der Waals surface area (Å²) in [6.07, 6.45) is 0. The van der Waals surface area contributed by atoms with Crippen LogP contribution in [0.2, 0.25) is 0 Å². The fourth-order valence-electron chi connectivity index (χ4n) is 5.69. The van der Waals surface area contributed by atoms with Crippen LogP contribution in [0.5, 0.6) is 0 Å². The molecule has 3 atom stereocenters. The Labute approximate surface area is 224 Å². The average Bonchev–Trinajstić information content (AvgIpc) is 3.32. The van der Waals surface area contributed by atoms with E-state index in [0.717, 1.165) is 28.2 Å². The van der Waals surface area contributed by atoms with E-state index in [1.165, 1.54) is 0 Å². The zero-order chi connectivity index (χ0) is 27.3. The van der Waals surface area contributed by atoms with Crippen molar-refractivity contribution in [2.45, 2.75) is 65.7 Å². The minimum Gasteiger partial charge on any atom is -0.356 e. The summed E-state index contributed by atoms with van der Waals surface area (Å²) in [4.78, 5) is 37.0. The number of hydrogen-bond donors (Lipinski definition) is 1. The van der Waals surface area contributed by atoms with Crippen LogP contribution in [0.15, 0.2) is 42.5 Å². The van der Waals surface area contributed by atoms with Gasteiger partial charge in [0.05, 0.1) is 17.1 Å². The number of likely N-dealkylation sites (N-methyl/N-ethyl adjacent to an activating group) is 1. The molecule has 2 aromatic carbocycles. The van der Waals surface area contributed by atoms with E-state index in [2.05, 4.69) is 44.0 Å². The third-order valence-electron chi connectivity index (χ3n) is 7.46. The molecule has 1 saturated heterocycles. The molecule has 2 amide bonds. The first-order valence-electron chi connectivity index (χ1n) is 13.3. The lowest BCUT2D eigenvalue weighted by atomic mass is 10.0. The van der Waals surface area contributed by atoms with Gasteiger partial charge in [0.1, 0.15) is 6.04 Å². The zero-order valence-electron chi connectivity index (χ0n) is 23.3. The summed E-state index contributed by atoms with van der Waals surface area (Å²) in [6, 6.07) is 14.2. The van der Waals surface area contributed by atoms with Crippen molar-refractivity contribution in [3.63, 3.8) is 0 Å². The molecule has 0 saturated carbocycles. The number of anilines is 2. The molecule has 1 fully saturated rings. The molecule has 9 heteroatoms. The quantitative estimate of drug-likeness (QED) is 0.571. The fourth-order valence-corrected chi connectivity index (χ4v) is 5.69. The minimum absolute atomic E-state index is 0.0640. The normalized spacial score (nSPS) is 21.7. The lowest BCUT2D eigenvalue weighted by Gasteiger charge is -2.42. The number of hydrogen-bond acceptors (Lipinski definition) is 6. The predicted molar refractivity (Wildman–Crippen MR) is 150 cm³/mol. The molecule has 0 spiro atoms. The molecule has 2 aliphatic heterocycles. The zero-order valence-corrected chi connectivity index (χ0v) is 23.3. The van der Waals surface area contributed by atoms with Crippen LogP contribution in [-0.2, 0) is 4.79 Å². The molecule has 1 N–H and O–H groups in total. The molecule has 0 aliphatic carbocycles. The van der Waals surface area contributed by atoms with Crippen LogP contribution in [0.3, 0.4) is 0 Å². The van der Waals surface area contributed by atoms with Gasteiger partial charge in [-0.2, -0.15) is 0 Å². The molecule has 5 rings (SSSR count). The van der Waals surface area contributed by atoms with Crippen LogP contribution in [-0.4, -0.2) is 75.8 Å². The van der Waals surface area contributed by atoms with E-state index >= 15 is 0 Å². The molecular formula is C29H37N7O2. The minimum atomic E-state index is -0.286. The summed E-state index contributed by atoms with van der Waals surface area (Å²) in [5, 5.41) is 8.20. The van der Waals surface area contributed by atoms with Crippen molar-refractivity contribution in [1.82, 2.24) is 25.0 Å². The molecule has 0 bridgehead atoms. The number of nitrogens with zero attached hydrogens (tertiary/aromatic N) is 6. The molecule has 0 unspecified atom stereocenters. The van der Waals surface area contributed by atoms with Gasteiger partial charge in [-0.25, -0.2) is 9.67 Å². The Kier molecular flexibility index (Phi) is 6.73. The first-order valence-corrected chi connectivity index (χ1v) is 13.3. The Morgan fingerprint density at radius 1 is 1.00 bits per heavy atom. The van der Waals surface area contributed by atoms with Gasteiger partial charge < -0.3 is 20.0 Å². The summed E-state index contributed by atoms with van der Waals surface area (Å²) >= 11 is 0. The third-order valence-corrected chi connectivity index (χ3v) is 7.46. The van der Waals surface area contributed by atoms with Gasteiger partial charge in [-0.1, -0.05) is 17.7 Å². The lowest BCUT2D eigenvalue weighted by molar-refractivity contribution is -0.119. The highest BCUT2D eigenvalue weighted by Gasteiger charge is 2.36. The van der Waals surface area contributed by atoms with Crippen LogP contribution >= 0.6 is 0 Å². The van der Waals surface area contributed by atoms with Crippen molar-refractivity contribution in [3.05, 3.63) is 53.9 Å². The Morgan fingerprint density at radius 2 is 1.66 bits per heavy atom. The molecule has 38 heavy (non-hydrogen) atoms. The molecule has 2 aliphatic rings. The van der Waals surface area contributed by atoms with E-state index in [4.69, 9.17) is 10.1 Å². The van der Waals surface area contributed by atoms with Crippen molar-refractivity contribution in [2.24, 2.45) is 0 Å². The number of benzene rings is 2. The van der Waals surface area contributed by atoms with Gasteiger partial charge in [-0.05, 0) is 71.9 Å². The van der Waals surface area contributed by atoms with Crippen LogP contribution < -0.4 is 15.1 Å². The predicted octanol–water partition coefficient (Wildman–Crippen LogP) is 3.64. The molecule has 9 nitrogen and oxygen atoms in total. The first-order chi connectivity index (χ1) is 18.0.